The molecule has 1 aromatic rings. The zero-order valence-electron chi connectivity index (χ0n) is 11.1. The lowest BCUT2D eigenvalue weighted by Gasteiger charge is -2.12. The molecule has 4 nitrogen and oxygen atoms in total. The van der Waals surface area contributed by atoms with Crippen LogP contribution in [0, 0.1) is 5.92 Å². The van der Waals surface area contributed by atoms with Gasteiger partial charge in [-0.05, 0) is 17.7 Å². The van der Waals surface area contributed by atoms with Crippen molar-refractivity contribution >= 4 is 5.91 Å². The van der Waals surface area contributed by atoms with Gasteiger partial charge in [-0.2, -0.15) is 0 Å². The number of amides is 1. The van der Waals surface area contributed by atoms with Gasteiger partial charge in [-0.1, -0.05) is 38.1 Å². The second kappa shape index (κ2) is 7.84. The summed E-state index contributed by atoms with van der Waals surface area (Å²) in [6.45, 7) is 6.08. The van der Waals surface area contributed by atoms with E-state index in [1.807, 2.05) is 38.1 Å². The van der Waals surface area contributed by atoms with E-state index in [-0.39, 0.29) is 18.4 Å². The van der Waals surface area contributed by atoms with Crippen molar-refractivity contribution in [3.05, 3.63) is 35.4 Å². The molecule has 0 bridgehead atoms. The van der Waals surface area contributed by atoms with E-state index >= 15 is 0 Å². The Balaban J connectivity index is 2.37. The fourth-order valence-electron chi connectivity index (χ4n) is 1.58. The Hall–Kier alpha value is -1.39. The molecular formula is C14H22N2O2. The molecule has 0 spiro atoms. The third-order valence-electron chi connectivity index (χ3n) is 2.82. The molecule has 0 heterocycles. The van der Waals surface area contributed by atoms with E-state index in [1.54, 1.807) is 0 Å². The maximum absolute atomic E-state index is 11.8. The number of aliphatic hydroxyl groups excluding tert-OH is 1. The van der Waals surface area contributed by atoms with Crippen LogP contribution in [0.1, 0.15) is 25.0 Å². The fraction of sp³-hybridized carbons (Fsp3) is 0.500. The molecule has 0 aliphatic heterocycles. The third kappa shape index (κ3) is 4.85. The van der Waals surface area contributed by atoms with E-state index < -0.39 is 0 Å². The van der Waals surface area contributed by atoms with Crippen LogP contribution in [0.4, 0.5) is 0 Å². The molecule has 0 saturated carbocycles. The molecule has 0 radical (unpaired) electrons. The zero-order valence-corrected chi connectivity index (χ0v) is 11.1. The quantitative estimate of drug-likeness (QED) is 0.677. The Morgan fingerprint density at radius 2 is 1.89 bits per heavy atom. The predicted molar refractivity (Wildman–Crippen MR) is 71.9 cm³/mol. The highest BCUT2D eigenvalue weighted by Gasteiger charge is 2.11. The summed E-state index contributed by atoms with van der Waals surface area (Å²) >= 11 is 0. The molecule has 18 heavy (non-hydrogen) atoms. The highest BCUT2D eigenvalue weighted by atomic mass is 16.3. The van der Waals surface area contributed by atoms with Gasteiger partial charge < -0.3 is 15.7 Å². The van der Waals surface area contributed by atoms with Gasteiger partial charge in [-0.15, -0.1) is 0 Å². The molecule has 100 valence electrons. The van der Waals surface area contributed by atoms with E-state index in [1.165, 1.54) is 0 Å². The van der Waals surface area contributed by atoms with Crippen molar-refractivity contribution in [2.45, 2.75) is 27.0 Å². The second-order valence-electron chi connectivity index (χ2n) is 4.40. The van der Waals surface area contributed by atoms with Gasteiger partial charge >= 0.3 is 0 Å². The minimum Gasteiger partial charge on any atom is -0.392 e. The molecule has 0 aromatic heterocycles. The topological polar surface area (TPSA) is 61.4 Å². The van der Waals surface area contributed by atoms with E-state index in [0.717, 1.165) is 17.7 Å². The molecule has 0 aliphatic rings. The molecule has 1 rings (SSSR count). The highest BCUT2D eigenvalue weighted by molar-refractivity contribution is 5.78. The summed E-state index contributed by atoms with van der Waals surface area (Å²) in [4.78, 5) is 11.8. The summed E-state index contributed by atoms with van der Waals surface area (Å²) in [5.74, 6) is 0.0313. The summed E-state index contributed by atoms with van der Waals surface area (Å²) in [5, 5.41) is 15.0. The van der Waals surface area contributed by atoms with Crippen LogP contribution in [-0.2, 0) is 17.9 Å². The maximum Gasteiger partial charge on any atom is 0.224 e. The minimum absolute atomic E-state index is 0.0262. The number of hydrogen-bond acceptors (Lipinski definition) is 3. The van der Waals surface area contributed by atoms with Crippen molar-refractivity contribution in [2.75, 3.05) is 13.1 Å². The maximum atomic E-state index is 11.8. The molecule has 1 amide bonds. The summed E-state index contributed by atoms with van der Waals surface area (Å²) in [7, 11) is 0. The van der Waals surface area contributed by atoms with Gasteiger partial charge in [-0.25, -0.2) is 0 Å². The van der Waals surface area contributed by atoms with Gasteiger partial charge in [0, 0.05) is 19.0 Å². The number of benzene rings is 1. The first kappa shape index (κ1) is 14.7. The lowest BCUT2D eigenvalue weighted by molar-refractivity contribution is -0.124. The van der Waals surface area contributed by atoms with Crippen LogP contribution in [-0.4, -0.2) is 24.1 Å². The average Bonchev–Trinajstić information content (AvgIpc) is 2.42. The monoisotopic (exact) mass is 250 g/mol. The minimum atomic E-state index is -0.0262. The normalized spacial score (nSPS) is 12.2. The third-order valence-corrected chi connectivity index (χ3v) is 2.82. The first-order valence-electron chi connectivity index (χ1n) is 6.34. The van der Waals surface area contributed by atoms with E-state index in [0.29, 0.717) is 13.1 Å². The van der Waals surface area contributed by atoms with Crippen molar-refractivity contribution in [3.63, 3.8) is 0 Å². The lowest BCUT2D eigenvalue weighted by Crippen LogP contribution is -2.34. The van der Waals surface area contributed by atoms with E-state index in [4.69, 9.17) is 5.11 Å². The molecule has 0 fully saturated rings. The van der Waals surface area contributed by atoms with Gasteiger partial charge in [0.1, 0.15) is 0 Å². The lowest BCUT2D eigenvalue weighted by atomic mass is 10.1. The Morgan fingerprint density at radius 1 is 1.28 bits per heavy atom. The molecular weight excluding hydrogens is 228 g/mol. The van der Waals surface area contributed by atoms with Gasteiger partial charge in [0.25, 0.3) is 0 Å². The van der Waals surface area contributed by atoms with Gasteiger partial charge in [0.2, 0.25) is 5.91 Å². The van der Waals surface area contributed by atoms with Crippen LogP contribution in [0.2, 0.25) is 0 Å². The van der Waals surface area contributed by atoms with Crippen molar-refractivity contribution in [1.29, 1.82) is 0 Å². The molecule has 0 saturated heterocycles. The Kier molecular flexibility index (Phi) is 6.39. The van der Waals surface area contributed by atoms with Crippen molar-refractivity contribution in [3.8, 4) is 0 Å². The molecule has 4 heteroatoms. The standard InChI is InChI=1S/C14H22N2O2/c1-3-15-8-11(2)14(18)16-9-12-4-6-13(10-17)7-5-12/h4-7,11,15,17H,3,8-10H2,1-2H3,(H,16,18). The highest BCUT2D eigenvalue weighted by Crippen LogP contribution is 2.04. The van der Waals surface area contributed by atoms with E-state index in [9.17, 15) is 4.79 Å². The van der Waals surface area contributed by atoms with Crippen LogP contribution >= 0.6 is 0 Å². The second-order valence-corrected chi connectivity index (χ2v) is 4.40. The fourth-order valence-corrected chi connectivity index (χ4v) is 1.58. The van der Waals surface area contributed by atoms with Crippen LogP contribution in [0.15, 0.2) is 24.3 Å². The Bertz CT molecular complexity index is 363. The van der Waals surface area contributed by atoms with Crippen LogP contribution in [0.25, 0.3) is 0 Å². The van der Waals surface area contributed by atoms with Crippen LogP contribution in [0.5, 0.6) is 0 Å². The Morgan fingerprint density at radius 3 is 2.44 bits per heavy atom. The number of hydrogen-bond donors (Lipinski definition) is 3. The first-order valence-corrected chi connectivity index (χ1v) is 6.34. The number of nitrogens with one attached hydrogen (secondary N) is 2. The Labute approximate surface area is 108 Å². The van der Waals surface area contributed by atoms with Crippen molar-refractivity contribution in [1.82, 2.24) is 10.6 Å². The molecule has 1 unspecified atom stereocenters. The first-order chi connectivity index (χ1) is 8.67. The van der Waals surface area contributed by atoms with Gasteiger partial charge in [0.05, 0.1) is 6.61 Å². The molecule has 3 N–H and O–H groups in total. The predicted octanol–water partition coefficient (Wildman–Crippen LogP) is 1.04. The molecule has 0 aliphatic carbocycles. The summed E-state index contributed by atoms with van der Waals surface area (Å²) in [6, 6.07) is 7.56. The zero-order chi connectivity index (χ0) is 13.4. The largest absolute Gasteiger partial charge is 0.392 e. The summed E-state index contributed by atoms with van der Waals surface area (Å²) in [5.41, 5.74) is 1.92. The summed E-state index contributed by atoms with van der Waals surface area (Å²) in [6.07, 6.45) is 0. The number of carbonyl (C=O) groups is 1. The molecule has 1 atom stereocenters. The average molecular weight is 250 g/mol. The number of aliphatic hydroxyl groups is 1. The SMILES string of the molecule is CCNCC(C)C(=O)NCc1ccc(CO)cc1. The van der Waals surface area contributed by atoms with E-state index in [2.05, 4.69) is 10.6 Å². The molecule has 1 aromatic carbocycles. The van der Waals surface area contributed by atoms with Crippen LogP contribution < -0.4 is 10.6 Å². The van der Waals surface area contributed by atoms with Gasteiger partial charge in [0.15, 0.2) is 0 Å². The smallest absolute Gasteiger partial charge is 0.224 e. The van der Waals surface area contributed by atoms with Crippen molar-refractivity contribution in [2.24, 2.45) is 5.92 Å². The van der Waals surface area contributed by atoms with Crippen molar-refractivity contribution < 1.29 is 9.90 Å². The number of rotatable bonds is 7. The number of carbonyl (C=O) groups excluding carboxylic acids is 1. The van der Waals surface area contributed by atoms with Gasteiger partial charge in [-0.3, -0.25) is 4.79 Å². The summed E-state index contributed by atoms with van der Waals surface area (Å²) < 4.78 is 0. The van der Waals surface area contributed by atoms with Crippen LogP contribution in [0.3, 0.4) is 0 Å².